The van der Waals surface area contributed by atoms with Gasteiger partial charge in [-0.15, -0.1) is 0 Å². The van der Waals surface area contributed by atoms with Crippen LogP contribution in [0.15, 0.2) is 66.2 Å². The standard InChI is InChI=1S/C38H37ClF5N9O3/c1-35(2,13-14-45)20-37(25-6-3-22(4-7-25)24-17-48-51(18-24)26-8-9-26)33(55)52(34(46)50-37)29(19-56-30(54)16-36(11-12-36)38(42,43)44)23-5-10-27(39)28(15-23)53-32(31(40)41)47-21-49-53/h3-7,10,15,17-18,21,26,29,31H,8-9,11-13,16,19-20H2,1-2H3,(H2,46,50)/t29-,37-/m1/s1. The maximum absolute atomic E-state index is 15.1. The molecule has 1 amide bonds. The van der Waals surface area contributed by atoms with Gasteiger partial charge in [0.05, 0.1) is 46.9 Å². The Balaban J connectivity index is 1.28. The normalized spacial score (nSPS) is 19.9. The summed E-state index contributed by atoms with van der Waals surface area (Å²) in [4.78, 5) is 37.6. The first kappa shape index (κ1) is 38.9. The van der Waals surface area contributed by atoms with Crippen LogP contribution in [-0.2, 0) is 19.9 Å². The maximum atomic E-state index is 15.1. The number of hydrogen-bond donors (Lipinski definition) is 1. The third-order valence-corrected chi connectivity index (χ3v) is 11.0. The topological polar surface area (TPSA) is 157 Å². The van der Waals surface area contributed by atoms with Gasteiger partial charge in [0.1, 0.15) is 12.9 Å². The number of ether oxygens (including phenoxy) is 1. The fourth-order valence-electron chi connectivity index (χ4n) is 7.25. The Labute approximate surface area is 323 Å². The highest BCUT2D eigenvalue weighted by Crippen LogP contribution is 2.60. The van der Waals surface area contributed by atoms with E-state index in [0.29, 0.717) is 11.6 Å². The van der Waals surface area contributed by atoms with Crippen molar-refractivity contribution in [3.63, 3.8) is 0 Å². The predicted octanol–water partition coefficient (Wildman–Crippen LogP) is 7.76. The van der Waals surface area contributed by atoms with Crippen LogP contribution in [0.3, 0.4) is 0 Å². The van der Waals surface area contributed by atoms with Crippen molar-refractivity contribution in [1.29, 1.82) is 5.26 Å². The molecule has 18 heteroatoms. The highest BCUT2D eigenvalue weighted by molar-refractivity contribution is 6.32. The van der Waals surface area contributed by atoms with Crippen LogP contribution in [0, 0.1) is 22.2 Å². The molecule has 3 heterocycles. The first-order valence-electron chi connectivity index (χ1n) is 17.9. The van der Waals surface area contributed by atoms with Crippen LogP contribution in [0.25, 0.3) is 16.8 Å². The summed E-state index contributed by atoms with van der Waals surface area (Å²) in [7, 11) is 0. The number of alkyl halides is 5. The second-order valence-electron chi connectivity index (χ2n) is 15.4. The molecule has 294 valence electrons. The number of aromatic nitrogens is 5. The molecule has 2 N–H and O–H groups in total. The molecular weight excluding hydrogens is 761 g/mol. The molecule has 0 spiro atoms. The van der Waals surface area contributed by atoms with Gasteiger partial charge in [-0.2, -0.15) is 28.6 Å². The number of carbonyl (C=O) groups is 2. The van der Waals surface area contributed by atoms with Crippen molar-refractivity contribution >= 4 is 29.4 Å². The summed E-state index contributed by atoms with van der Waals surface area (Å²) in [5.74, 6) is -2.86. The predicted molar refractivity (Wildman–Crippen MR) is 192 cm³/mol. The number of nitriles is 1. The quantitative estimate of drug-likeness (QED) is 0.100. The second-order valence-corrected chi connectivity index (χ2v) is 15.8. The zero-order valence-corrected chi connectivity index (χ0v) is 31.1. The lowest BCUT2D eigenvalue weighted by molar-refractivity contribution is -0.195. The first-order valence-corrected chi connectivity index (χ1v) is 18.3. The zero-order valence-electron chi connectivity index (χ0n) is 30.3. The van der Waals surface area contributed by atoms with Crippen molar-refractivity contribution in [3.05, 3.63) is 83.2 Å². The third kappa shape index (κ3) is 7.34. The molecule has 0 saturated heterocycles. The summed E-state index contributed by atoms with van der Waals surface area (Å²) in [6.07, 6.45) is -2.27. The lowest BCUT2D eigenvalue weighted by Gasteiger charge is -2.35. The molecule has 3 aliphatic rings. The number of rotatable bonds is 14. The molecule has 2 atom stereocenters. The van der Waals surface area contributed by atoms with Gasteiger partial charge in [-0.1, -0.05) is 55.8 Å². The Hall–Kier alpha value is -5.37. The number of nitrogens with zero attached hydrogens (tertiary/aromatic N) is 8. The van der Waals surface area contributed by atoms with Gasteiger partial charge in [-0.3, -0.25) is 19.2 Å². The number of benzene rings is 2. The Kier molecular flexibility index (Phi) is 9.92. The molecule has 2 aromatic heterocycles. The molecular formula is C38H37ClF5N9O3. The van der Waals surface area contributed by atoms with E-state index in [1.807, 2.05) is 23.0 Å². The van der Waals surface area contributed by atoms with Gasteiger partial charge in [-0.25, -0.2) is 23.4 Å². The fourth-order valence-corrected chi connectivity index (χ4v) is 7.45. The molecule has 0 unspecified atom stereocenters. The van der Waals surface area contributed by atoms with E-state index in [9.17, 15) is 32.0 Å². The largest absolute Gasteiger partial charge is 0.463 e. The van der Waals surface area contributed by atoms with Crippen LogP contribution < -0.4 is 5.73 Å². The van der Waals surface area contributed by atoms with Crippen molar-refractivity contribution in [2.75, 3.05) is 6.61 Å². The highest BCUT2D eigenvalue weighted by atomic mass is 35.5. The molecule has 2 aromatic carbocycles. The molecule has 56 heavy (non-hydrogen) atoms. The van der Waals surface area contributed by atoms with Crippen LogP contribution in [0.1, 0.15) is 94.3 Å². The number of guanidine groups is 1. The van der Waals surface area contributed by atoms with Gasteiger partial charge in [0.15, 0.2) is 17.3 Å². The molecule has 1 aliphatic heterocycles. The Morgan fingerprint density at radius 1 is 1.11 bits per heavy atom. The second kappa shape index (κ2) is 14.3. The lowest BCUT2D eigenvalue weighted by atomic mass is 9.73. The van der Waals surface area contributed by atoms with Gasteiger partial charge in [0, 0.05) is 18.2 Å². The SMILES string of the molecule is CC(C)(CC#N)C[C@]1(c2ccc(-c3cnn(C4CC4)c3)cc2)N=C(N)N([C@H](COC(=O)CC2(C(F)(F)F)CC2)c2ccc(Cl)c(-n3ncnc3C(F)F)c2)C1=O. The number of hydrogen-bond acceptors (Lipinski definition) is 9. The number of halogens is 6. The van der Waals surface area contributed by atoms with E-state index in [1.165, 1.54) is 18.2 Å². The zero-order chi connectivity index (χ0) is 40.2. The van der Waals surface area contributed by atoms with Crippen molar-refractivity contribution in [2.45, 2.75) is 89.0 Å². The molecule has 0 bridgehead atoms. The molecule has 2 fully saturated rings. The molecule has 12 nitrogen and oxygen atoms in total. The van der Waals surface area contributed by atoms with E-state index in [-0.39, 0.29) is 47.9 Å². The smallest absolute Gasteiger partial charge is 0.395 e. The summed E-state index contributed by atoms with van der Waals surface area (Å²) >= 11 is 6.45. The third-order valence-electron chi connectivity index (χ3n) is 10.6. The number of amides is 1. The number of carbonyl (C=O) groups excluding carboxylic acids is 2. The Morgan fingerprint density at radius 3 is 2.45 bits per heavy atom. The number of aliphatic imine (C=N–C) groups is 1. The van der Waals surface area contributed by atoms with Gasteiger partial charge in [0.2, 0.25) is 0 Å². The summed E-state index contributed by atoms with van der Waals surface area (Å²) in [5.41, 5.74) is 4.14. The van der Waals surface area contributed by atoms with E-state index in [0.717, 1.165) is 39.9 Å². The highest BCUT2D eigenvalue weighted by Gasteiger charge is 2.64. The lowest BCUT2D eigenvalue weighted by Crippen LogP contribution is -2.47. The van der Waals surface area contributed by atoms with Crippen LogP contribution in [0.2, 0.25) is 5.02 Å². The van der Waals surface area contributed by atoms with E-state index >= 15 is 4.79 Å². The van der Waals surface area contributed by atoms with Gasteiger partial charge >= 0.3 is 12.1 Å². The van der Waals surface area contributed by atoms with Crippen LogP contribution >= 0.6 is 11.6 Å². The fraction of sp³-hybridized carbons (Fsp3) is 0.447. The first-order chi connectivity index (χ1) is 26.5. The molecule has 0 radical (unpaired) electrons. The summed E-state index contributed by atoms with van der Waals surface area (Å²) < 4.78 is 77.3. The van der Waals surface area contributed by atoms with E-state index in [2.05, 4.69) is 21.3 Å². The average Bonchev–Trinajstić information content (AvgIpc) is 4.01. The van der Waals surface area contributed by atoms with Crippen molar-refractivity contribution in [2.24, 2.45) is 21.6 Å². The minimum Gasteiger partial charge on any atom is -0.463 e. The number of nitrogens with two attached hydrogens (primary N) is 1. The molecule has 2 saturated carbocycles. The monoisotopic (exact) mass is 797 g/mol. The van der Waals surface area contributed by atoms with Crippen LogP contribution in [0.5, 0.6) is 0 Å². The van der Waals surface area contributed by atoms with Gasteiger partial charge in [-0.05, 0) is 66.3 Å². The van der Waals surface area contributed by atoms with Crippen LogP contribution in [-0.4, -0.2) is 60.1 Å². The summed E-state index contributed by atoms with van der Waals surface area (Å²) in [6.45, 7) is 2.92. The Bertz CT molecular complexity index is 2220. The molecule has 4 aromatic rings. The molecule has 2 aliphatic carbocycles. The minimum absolute atomic E-state index is 0.00569. The van der Waals surface area contributed by atoms with E-state index in [4.69, 9.17) is 27.1 Å². The average molecular weight is 798 g/mol. The minimum atomic E-state index is -4.62. The van der Waals surface area contributed by atoms with Gasteiger partial charge in [0.25, 0.3) is 12.3 Å². The van der Waals surface area contributed by atoms with E-state index in [1.54, 1.807) is 32.2 Å². The van der Waals surface area contributed by atoms with Crippen molar-refractivity contribution in [3.8, 4) is 22.9 Å². The van der Waals surface area contributed by atoms with Crippen molar-refractivity contribution in [1.82, 2.24) is 29.4 Å². The summed E-state index contributed by atoms with van der Waals surface area (Å²) in [5, 5.41) is 18.0. The van der Waals surface area contributed by atoms with E-state index < -0.39 is 65.7 Å². The number of esters is 1. The Morgan fingerprint density at radius 2 is 1.82 bits per heavy atom. The molecule has 7 rings (SSSR count). The maximum Gasteiger partial charge on any atom is 0.395 e. The van der Waals surface area contributed by atoms with Gasteiger partial charge < -0.3 is 10.5 Å². The summed E-state index contributed by atoms with van der Waals surface area (Å²) in [6, 6.07) is 12.4. The van der Waals surface area contributed by atoms with Crippen LogP contribution in [0.4, 0.5) is 22.0 Å². The van der Waals surface area contributed by atoms with Crippen molar-refractivity contribution < 1.29 is 36.3 Å².